The Morgan fingerprint density at radius 1 is 1.07 bits per heavy atom. The minimum Gasteiger partial charge on any atom is -0.439 e. The first-order valence-electron chi connectivity index (χ1n) is 9.57. The fourth-order valence-corrected chi connectivity index (χ4v) is 3.35. The molecule has 0 saturated heterocycles. The van der Waals surface area contributed by atoms with Crippen LogP contribution in [0.3, 0.4) is 0 Å². The van der Waals surface area contributed by atoms with E-state index in [4.69, 9.17) is 4.74 Å². The van der Waals surface area contributed by atoms with Gasteiger partial charge in [-0.2, -0.15) is 0 Å². The van der Waals surface area contributed by atoms with E-state index in [1.165, 1.54) is 0 Å². The van der Waals surface area contributed by atoms with Crippen molar-refractivity contribution in [3.63, 3.8) is 0 Å². The minimum atomic E-state index is -0.101. The number of hydrogen-bond donors (Lipinski definition) is 2. The molecule has 2 heterocycles. The van der Waals surface area contributed by atoms with Gasteiger partial charge in [-0.1, -0.05) is 36.4 Å². The van der Waals surface area contributed by atoms with Crippen LogP contribution >= 0.6 is 0 Å². The molecule has 1 amide bonds. The summed E-state index contributed by atoms with van der Waals surface area (Å²) in [6.07, 6.45) is 1.73. The summed E-state index contributed by atoms with van der Waals surface area (Å²) in [5, 5.41) is 3.91. The highest BCUT2D eigenvalue weighted by Gasteiger charge is 2.15. The molecule has 0 aliphatic heterocycles. The van der Waals surface area contributed by atoms with E-state index in [1.807, 2.05) is 69.3 Å². The van der Waals surface area contributed by atoms with Gasteiger partial charge >= 0.3 is 0 Å². The van der Waals surface area contributed by atoms with Gasteiger partial charge in [0.25, 0.3) is 5.91 Å². The molecule has 0 aliphatic carbocycles. The summed E-state index contributed by atoms with van der Waals surface area (Å²) in [6.45, 7) is 6.34. The maximum Gasteiger partial charge on any atom is 0.253 e. The molecule has 29 heavy (non-hydrogen) atoms. The van der Waals surface area contributed by atoms with Crippen LogP contribution in [-0.4, -0.2) is 15.9 Å². The van der Waals surface area contributed by atoms with Crippen LogP contribution < -0.4 is 10.1 Å². The molecule has 5 heteroatoms. The fraction of sp³-hybridized carbons (Fsp3) is 0.167. The van der Waals surface area contributed by atoms with E-state index in [-0.39, 0.29) is 5.91 Å². The lowest BCUT2D eigenvalue weighted by Crippen LogP contribution is -2.23. The summed E-state index contributed by atoms with van der Waals surface area (Å²) >= 11 is 0. The summed E-state index contributed by atoms with van der Waals surface area (Å²) in [4.78, 5) is 20.3. The third-order valence-corrected chi connectivity index (χ3v) is 4.93. The van der Waals surface area contributed by atoms with E-state index in [1.54, 1.807) is 6.20 Å². The number of rotatable bonds is 5. The minimum absolute atomic E-state index is 0.101. The molecule has 0 unspecified atom stereocenters. The Hall–Kier alpha value is -3.60. The Balaban J connectivity index is 1.43. The SMILES string of the molecule is Cc1ccc(C)c(Oc2ccc(CNC(=O)c3c(C)[nH]c4ccccc34)cn2)c1. The normalized spacial score (nSPS) is 10.9. The molecule has 2 aromatic heterocycles. The van der Waals surface area contributed by atoms with Crippen LogP contribution in [0.1, 0.15) is 32.7 Å². The van der Waals surface area contributed by atoms with Crippen LogP contribution in [0, 0.1) is 20.8 Å². The highest BCUT2D eigenvalue weighted by molar-refractivity contribution is 6.08. The van der Waals surface area contributed by atoms with Crippen molar-refractivity contribution in [1.29, 1.82) is 0 Å². The first-order chi connectivity index (χ1) is 14.0. The van der Waals surface area contributed by atoms with Crippen LogP contribution in [0.2, 0.25) is 0 Å². The number of pyridine rings is 1. The number of aromatic nitrogens is 2. The van der Waals surface area contributed by atoms with E-state index in [0.717, 1.165) is 39.0 Å². The van der Waals surface area contributed by atoms with Crippen molar-refractivity contribution in [2.75, 3.05) is 0 Å². The first-order valence-corrected chi connectivity index (χ1v) is 9.57. The van der Waals surface area contributed by atoms with E-state index in [9.17, 15) is 4.79 Å². The molecule has 4 aromatic rings. The number of H-pyrrole nitrogens is 1. The average Bonchev–Trinajstić information content (AvgIpc) is 3.06. The van der Waals surface area contributed by atoms with Gasteiger partial charge < -0.3 is 15.0 Å². The Labute approximate surface area is 169 Å². The van der Waals surface area contributed by atoms with Crippen LogP contribution in [0.5, 0.6) is 11.6 Å². The molecular formula is C24H23N3O2. The first kappa shape index (κ1) is 18.7. The Kier molecular flexibility index (Phi) is 5.04. The van der Waals surface area contributed by atoms with E-state index >= 15 is 0 Å². The molecule has 4 rings (SSSR count). The number of fused-ring (bicyclic) bond motifs is 1. The summed E-state index contributed by atoms with van der Waals surface area (Å²) in [5.74, 6) is 1.23. The quantitative estimate of drug-likeness (QED) is 0.495. The average molecular weight is 385 g/mol. The lowest BCUT2D eigenvalue weighted by atomic mass is 10.1. The van der Waals surface area contributed by atoms with Gasteiger partial charge in [0.2, 0.25) is 5.88 Å². The second-order valence-electron chi connectivity index (χ2n) is 7.23. The number of benzene rings is 2. The molecule has 0 atom stereocenters. The number of nitrogens with one attached hydrogen (secondary N) is 2. The summed E-state index contributed by atoms with van der Waals surface area (Å²) < 4.78 is 5.89. The second-order valence-corrected chi connectivity index (χ2v) is 7.23. The number of ether oxygens (including phenoxy) is 1. The molecule has 0 aliphatic rings. The van der Waals surface area contributed by atoms with E-state index in [2.05, 4.69) is 21.4 Å². The molecule has 0 bridgehead atoms. The lowest BCUT2D eigenvalue weighted by Gasteiger charge is -2.10. The molecule has 2 N–H and O–H groups in total. The monoisotopic (exact) mass is 385 g/mol. The molecule has 5 nitrogen and oxygen atoms in total. The topological polar surface area (TPSA) is 67.0 Å². The standard InChI is InChI=1S/C24H23N3O2/c1-15-8-9-16(2)21(12-15)29-22-11-10-18(13-25-22)14-26-24(28)23-17(3)27-20-7-5-4-6-19(20)23/h4-13,27H,14H2,1-3H3,(H,26,28). The van der Waals surface area contributed by atoms with Crippen molar-refractivity contribution >= 4 is 16.8 Å². The van der Waals surface area contributed by atoms with Crippen LogP contribution in [0.4, 0.5) is 0 Å². The second kappa shape index (κ2) is 7.80. The summed E-state index contributed by atoms with van der Waals surface area (Å²) in [5.41, 5.74) is 5.61. The van der Waals surface area contributed by atoms with Crippen molar-refractivity contribution in [2.45, 2.75) is 27.3 Å². The predicted octanol–water partition coefficient (Wildman–Crippen LogP) is 5.21. The van der Waals surface area contributed by atoms with Crippen molar-refractivity contribution in [3.05, 3.63) is 88.7 Å². The molecule has 0 saturated carbocycles. The number of aromatic amines is 1. The van der Waals surface area contributed by atoms with Crippen molar-refractivity contribution in [1.82, 2.24) is 15.3 Å². The number of hydrogen-bond acceptors (Lipinski definition) is 3. The highest BCUT2D eigenvalue weighted by atomic mass is 16.5. The zero-order valence-electron chi connectivity index (χ0n) is 16.7. The number of para-hydroxylation sites is 1. The smallest absolute Gasteiger partial charge is 0.253 e. The largest absolute Gasteiger partial charge is 0.439 e. The number of amides is 1. The van der Waals surface area contributed by atoms with Gasteiger partial charge in [0.1, 0.15) is 5.75 Å². The maximum atomic E-state index is 12.7. The molecule has 0 spiro atoms. The van der Waals surface area contributed by atoms with Gasteiger partial charge in [0, 0.05) is 35.4 Å². The molecular weight excluding hydrogens is 362 g/mol. The van der Waals surface area contributed by atoms with E-state index in [0.29, 0.717) is 18.0 Å². The third-order valence-electron chi connectivity index (χ3n) is 4.93. The van der Waals surface area contributed by atoms with Crippen molar-refractivity contribution in [3.8, 4) is 11.6 Å². The lowest BCUT2D eigenvalue weighted by molar-refractivity contribution is 0.0952. The molecule has 0 radical (unpaired) electrons. The van der Waals surface area contributed by atoms with Gasteiger partial charge in [-0.15, -0.1) is 0 Å². The predicted molar refractivity (Wildman–Crippen MR) is 114 cm³/mol. The van der Waals surface area contributed by atoms with Crippen molar-refractivity contribution in [2.24, 2.45) is 0 Å². The van der Waals surface area contributed by atoms with Gasteiger partial charge in [-0.3, -0.25) is 4.79 Å². The number of carbonyl (C=O) groups is 1. The molecule has 0 fully saturated rings. The van der Waals surface area contributed by atoms with Gasteiger partial charge in [0.05, 0.1) is 5.56 Å². The van der Waals surface area contributed by atoms with Gasteiger partial charge in [0.15, 0.2) is 0 Å². The van der Waals surface area contributed by atoms with Crippen molar-refractivity contribution < 1.29 is 9.53 Å². The van der Waals surface area contributed by atoms with E-state index < -0.39 is 0 Å². The zero-order valence-corrected chi connectivity index (χ0v) is 16.7. The fourth-order valence-electron chi connectivity index (χ4n) is 3.35. The molecule has 146 valence electrons. The zero-order chi connectivity index (χ0) is 20.4. The summed E-state index contributed by atoms with van der Waals surface area (Å²) in [7, 11) is 0. The maximum absolute atomic E-state index is 12.7. The van der Waals surface area contributed by atoms with Crippen LogP contribution in [0.25, 0.3) is 10.9 Å². The van der Waals surface area contributed by atoms with Crippen LogP contribution in [0.15, 0.2) is 60.8 Å². The Bertz CT molecular complexity index is 1180. The van der Waals surface area contributed by atoms with Gasteiger partial charge in [-0.05, 0) is 49.6 Å². The third kappa shape index (κ3) is 3.99. The highest BCUT2D eigenvalue weighted by Crippen LogP contribution is 2.25. The van der Waals surface area contributed by atoms with Crippen LogP contribution in [-0.2, 0) is 6.54 Å². The number of nitrogens with zero attached hydrogens (tertiary/aromatic N) is 1. The number of carbonyl (C=O) groups excluding carboxylic acids is 1. The van der Waals surface area contributed by atoms with Gasteiger partial charge in [-0.25, -0.2) is 4.98 Å². The Morgan fingerprint density at radius 3 is 2.69 bits per heavy atom. The summed E-state index contributed by atoms with van der Waals surface area (Å²) in [6, 6.07) is 17.6. The Morgan fingerprint density at radius 2 is 1.90 bits per heavy atom. The number of aryl methyl sites for hydroxylation is 3. The molecule has 2 aromatic carbocycles.